The number of anilines is 2. The molecular formula is C21H27N5O3. The Morgan fingerprint density at radius 3 is 2.52 bits per heavy atom. The van der Waals surface area contributed by atoms with E-state index in [4.69, 9.17) is 11.5 Å². The number of pyridine rings is 1. The van der Waals surface area contributed by atoms with Gasteiger partial charge in [-0.3, -0.25) is 10.1 Å². The molecule has 1 aliphatic carbocycles. The maximum atomic E-state index is 12.6. The normalized spacial score (nSPS) is 16.0. The predicted octanol–water partition coefficient (Wildman–Crippen LogP) is 2.52. The van der Waals surface area contributed by atoms with Gasteiger partial charge >= 0.3 is 6.03 Å². The van der Waals surface area contributed by atoms with E-state index in [0.717, 1.165) is 18.4 Å². The first-order valence-corrected chi connectivity index (χ1v) is 9.56. The average molecular weight is 397 g/mol. The van der Waals surface area contributed by atoms with Gasteiger partial charge in [-0.1, -0.05) is 30.3 Å². The lowest BCUT2D eigenvalue weighted by atomic mass is 9.92. The Bertz CT molecular complexity index is 891. The van der Waals surface area contributed by atoms with Crippen molar-refractivity contribution in [2.75, 3.05) is 11.1 Å². The number of nitrogens with zero attached hydrogens (tertiary/aromatic N) is 1. The van der Waals surface area contributed by atoms with E-state index in [-0.39, 0.29) is 17.6 Å². The number of carbonyl (C=O) groups is 2. The highest BCUT2D eigenvalue weighted by Gasteiger charge is 2.33. The average Bonchev–Trinajstić information content (AvgIpc) is 3.50. The number of carbonyl (C=O) groups excluding carboxylic acids is 2. The van der Waals surface area contributed by atoms with Gasteiger partial charge in [0.2, 0.25) is 0 Å². The van der Waals surface area contributed by atoms with Crippen LogP contribution < -0.4 is 22.1 Å². The molecule has 2 atom stereocenters. The maximum absolute atomic E-state index is 12.6. The van der Waals surface area contributed by atoms with Gasteiger partial charge in [-0.25, -0.2) is 9.78 Å². The van der Waals surface area contributed by atoms with Gasteiger partial charge in [-0.2, -0.15) is 0 Å². The summed E-state index contributed by atoms with van der Waals surface area (Å²) >= 11 is 0. The number of aromatic nitrogens is 1. The highest BCUT2D eigenvalue weighted by atomic mass is 16.3. The molecule has 0 spiro atoms. The molecule has 8 nitrogen and oxygen atoms in total. The largest absolute Gasteiger partial charge is 0.398 e. The van der Waals surface area contributed by atoms with Gasteiger partial charge < -0.3 is 21.9 Å². The molecule has 1 fully saturated rings. The van der Waals surface area contributed by atoms with E-state index >= 15 is 0 Å². The van der Waals surface area contributed by atoms with Crippen LogP contribution in [-0.4, -0.2) is 28.0 Å². The van der Waals surface area contributed by atoms with Crippen molar-refractivity contribution in [2.24, 2.45) is 11.7 Å². The first-order chi connectivity index (χ1) is 13.7. The zero-order valence-corrected chi connectivity index (χ0v) is 16.6. The Labute approximate surface area is 169 Å². The van der Waals surface area contributed by atoms with Crippen molar-refractivity contribution < 1.29 is 14.7 Å². The molecule has 2 amide bonds. The van der Waals surface area contributed by atoms with Crippen LogP contribution in [-0.2, 0) is 0 Å². The van der Waals surface area contributed by atoms with E-state index in [2.05, 4.69) is 15.6 Å². The quantitative estimate of drug-likeness (QED) is 0.454. The molecule has 154 valence electrons. The standard InChI is InChI=1S/C21H27N5O3/c1-21(2,29)19(13-6-4-3-5-7-13)26-20(28)25-16-10-14(22)17(15(11-27)24-16)18(23)12-8-9-12/h3-7,10-12,18-19,29H,8-9,23H2,1-2H3,(H4,22,24,25,26,28). The summed E-state index contributed by atoms with van der Waals surface area (Å²) in [6.45, 7) is 3.22. The summed E-state index contributed by atoms with van der Waals surface area (Å²) in [6, 6.07) is 9.05. The number of nitrogens with one attached hydrogen (secondary N) is 2. The van der Waals surface area contributed by atoms with Crippen LogP contribution in [0.4, 0.5) is 16.3 Å². The molecular weight excluding hydrogens is 370 g/mol. The van der Waals surface area contributed by atoms with Crippen LogP contribution in [0.2, 0.25) is 0 Å². The van der Waals surface area contributed by atoms with Gasteiger partial charge in [-0.15, -0.1) is 0 Å². The Kier molecular flexibility index (Phi) is 5.86. The number of hydrogen-bond donors (Lipinski definition) is 5. The van der Waals surface area contributed by atoms with Crippen LogP contribution in [0.1, 0.15) is 60.4 Å². The molecule has 1 aliphatic rings. The SMILES string of the molecule is CC(C)(O)C(NC(=O)Nc1cc(N)c(C(N)C2CC2)c(C=O)n1)c1ccccc1. The number of aliphatic hydroxyl groups is 1. The molecule has 1 aromatic heterocycles. The number of hydrogen-bond acceptors (Lipinski definition) is 6. The monoisotopic (exact) mass is 397 g/mol. The van der Waals surface area contributed by atoms with Crippen LogP contribution >= 0.6 is 0 Å². The van der Waals surface area contributed by atoms with Crippen molar-refractivity contribution >= 4 is 23.8 Å². The zero-order chi connectivity index (χ0) is 21.2. The topological polar surface area (TPSA) is 143 Å². The molecule has 2 unspecified atom stereocenters. The van der Waals surface area contributed by atoms with Crippen molar-refractivity contribution in [3.05, 3.63) is 53.2 Å². The summed E-state index contributed by atoms with van der Waals surface area (Å²) in [5, 5.41) is 15.8. The van der Waals surface area contributed by atoms with Crippen LogP contribution in [0.15, 0.2) is 36.4 Å². The van der Waals surface area contributed by atoms with E-state index < -0.39 is 17.7 Å². The van der Waals surface area contributed by atoms with Gasteiger partial charge in [0.15, 0.2) is 6.29 Å². The number of amides is 2. The molecule has 1 saturated carbocycles. The highest BCUT2D eigenvalue weighted by molar-refractivity contribution is 5.90. The van der Waals surface area contributed by atoms with Gasteiger partial charge in [0.25, 0.3) is 0 Å². The molecule has 0 bridgehead atoms. The summed E-state index contributed by atoms with van der Waals surface area (Å²) in [5.41, 5.74) is 12.8. The Hall–Kier alpha value is -2.97. The predicted molar refractivity (Wildman–Crippen MR) is 111 cm³/mol. The van der Waals surface area contributed by atoms with E-state index in [1.54, 1.807) is 13.8 Å². The molecule has 8 heteroatoms. The second-order valence-corrected chi connectivity index (χ2v) is 7.97. The number of aldehydes is 1. The lowest BCUT2D eigenvalue weighted by Gasteiger charge is -2.30. The molecule has 7 N–H and O–H groups in total. The molecule has 0 radical (unpaired) electrons. The maximum Gasteiger partial charge on any atom is 0.320 e. The fourth-order valence-electron chi connectivity index (χ4n) is 3.40. The summed E-state index contributed by atoms with van der Waals surface area (Å²) in [6.07, 6.45) is 2.60. The molecule has 29 heavy (non-hydrogen) atoms. The minimum Gasteiger partial charge on any atom is -0.398 e. The number of urea groups is 1. The summed E-state index contributed by atoms with van der Waals surface area (Å²) in [7, 11) is 0. The Balaban J connectivity index is 1.79. The number of nitrogen functional groups attached to an aromatic ring is 1. The van der Waals surface area contributed by atoms with Crippen LogP contribution in [0.5, 0.6) is 0 Å². The van der Waals surface area contributed by atoms with E-state index in [1.807, 2.05) is 30.3 Å². The van der Waals surface area contributed by atoms with Crippen molar-refractivity contribution in [3.63, 3.8) is 0 Å². The molecule has 2 aromatic rings. The van der Waals surface area contributed by atoms with Crippen LogP contribution in [0.3, 0.4) is 0 Å². The van der Waals surface area contributed by atoms with Gasteiger partial charge in [-0.05, 0) is 38.2 Å². The third-order valence-corrected chi connectivity index (χ3v) is 5.05. The van der Waals surface area contributed by atoms with Crippen molar-refractivity contribution in [1.82, 2.24) is 10.3 Å². The summed E-state index contributed by atoms with van der Waals surface area (Å²) in [5.74, 6) is 0.440. The van der Waals surface area contributed by atoms with E-state index in [1.165, 1.54) is 6.07 Å². The van der Waals surface area contributed by atoms with Crippen molar-refractivity contribution in [1.29, 1.82) is 0 Å². The molecule has 0 saturated heterocycles. The molecule has 0 aliphatic heterocycles. The third-order valence-electron chi connectivity index (χ3n) is 5.05. The van der Waals surface area contributed by atoms with Crippen LogP contribution in [0, 0.1) is 5.92 Å². The summed E-state index contributed by atoms with van der Waals surface area (Å²) in [4.78, 5) is 28.3. The highest BCUT2D eigenvalue weighted by Crippen LogP contribution is 2.42. The number of rotatable bonds is 7. The van der Waals surface area contributed by atoms with Gasteiger partial charge in [0.1, 0.15) is 11.5 Å². The van der Waals surface area contributed by atoms with E-state index in [0.29, 0.717) is 23.5 Å². The fourth-order valence-corrected chi connectivity index (χ4v) is 3.40. The summed E-state index contributed by atoms with van der Waals surface area (Å²) < 4.78 is 0. The third kappa shape index (κ3) is 4.90. The Morgan fingerprint density at radius 1 is 1.31 bits per heavy atom. The first kappa shape index (κ1) is 20.8. The lowest BCUT2D eigenvalue weighted by molar-refractivity contribution is 0.0415. The number of benzene rings is 1. The van der Waals surface area contributed by atoms with Crippen LogP contribution in [0.25, 0.3) is 0 Å². The lowest BCUT2D eigenvalue weighted by Crippen LogP contribution is -2.44. The van der Waals surface area contributed by atoms with Gasteiger partial charge in [0.05, 0.1) is 11.6 Å². The second-order valence-electron chi connectivity index (χ2n) is 7.97. The first-order valence-electron chi connectivity index (χ1n) is 9.56. The minimum absolute atomic E-state index is 0.127. The van der Waals surface area contributed by atoms with Crippen molar-refractivity contribution in [3.8, 4) is 0 Å². The van der Waals surface area contributed by atoms with E-state index in [9.17, 15) is 14.7 Å². The Morgan fingerprint density at radius 2 is 1.97 bits per heavy atom. The minimum atomic E-state index is -1.21. The fraction of sp³-hybridized carbons (Fsp3) is 0.381. The molecule has 1 heterocycles. The van der Waals surface area contributed by atoms with Crippen molar-refractivity contribution in [2.45, 2.75) is 44.4 Å². The number of nitrogens with two attached hydrogens (primary N) is 2. The van der Waals surface area contributed by atoms with Gasteiger partial charge in [0, 0.05) is 23.4 Å². The molecule has 1 aromatic carbocycles. The molecule has 3 rings (SSSR count). The zero-order valence-electron chi connectivity index (χ0n) is 16.6. The smallest absolute Gasteiger partial charge is 0.320 e. The second kappa shape index (κ2) is 8.18.